The minimum atomic E-state index is 0.445. The number of hydrogen-bond acceptors (Lipinski definition) is 4. The molecule has 0 bridgehead atoms. The Balaban J connectivity index is 1.49. The van der Waals surface area contributed by atoms with E-state index in [9.17, 15) is 0 Å². The molecule has 0 aliphatic heterocycles. The van der Waals surface area contributed by atoms with Gasteiger partial charge in [0, 0.05) is 25.4 Å². The van der Waals surface area contributed by atoms with Crippen LogP contribution < -0.4 is 5.32 Å². The number of rotatable bonds is 14. The first-order valence-corrected chi connectivity index (χ1v) is 13.0. The van der Waals surface area contributed by atoms with Gasteiger partial charge in [0.2, 0.25) is 0 Å². The van der Waals surface area contributed by atoms with Gasteiger partial charge < -0.3 is 15.0 Å². The number of benzene rings is 1. The average Bonchev–Trinajstić information content (AvgIpc) is 2.79. The van der Waals surface area contributed by atoms with Crippen molar-refractivity contribution in [3.8, 4) is 0 Å². The highest BCUT2D eigenvalue weighted by molar-refractivity contribution is 8.22. The third kappa shape index (κ3) is 10.4. The number of nitrogens with zero attached hydrogens (tertiary/aromatic N) is 1. The van der Waals surface area contributed by atoms with Gasteiger partial charge >= 0.3 is 0 Å². The maximum absolute atomic E-state index is 6.15. The second-order valence-electron chi connectivity index (χ2n) is 8.19. The Labute approximate surface area is 194 Å². The molecule has 1 aromatic carbocycles. The monoisotopic (exact) mass is 448 g/mol. The van der Waals surface area contributed by atoms with Crippen molar-refractivity contribution in [2.45, 2.75) is 75.7 Å². The van der Waals surface area contributed by atoms with Crippen LogP contribution in [-0.2, 0) is 10.5 Å². The molecule has 3 nitrogen and oxygen atoms in total. The predicted molar refractivity (Wildman–Crippen MR) is 136 cm³/mol. The van der Waals surface area contributed by atoms with Gasteiger partial charge in [-0.2, -0.15) is 0 Å². The van der Waals surface area contributed by atoms with E-state index in [-0.39, 0.29) is 0 Å². The van der Waals surface area contributed by atoms with Crippen LogP contribution in [-0.4, -0.2) is 48.1 Å². The molecule has 1 aliphatic rings. The highest BCUT2D eigenvalue weighted by Crippen LogP contribution is 2.27. The summed E-state index contributed by atoms with van der Waals surface area (Å²) < 4.78 is 7.17. The van der Waals surface area contributed by atoms with Crippen LogP contribution in [0, 0.1) is 0 Å². The topological polar surface area (TPSA) is 24.5 Å². The molecule has 5 heteroatoms. The van der Waals surface area contributed by atoms with E-state index in [0.29, 0.717) is 12.1 Å². The molecular formula is C25H40N2OS2. The standard InChI is InChI=1S/C25H40N2OS2/c1-3-4-18-26-19-10-5-6-11-20-28-24-16-14-23(15-17-24)27(2)25(29)30-21-22-12-8-7-9-13-22/h3,7-9,12-13,23-24,26H,1,4-6,10-11,14-21H2,2H3. The van der Waals surface area contributed by atoms with Crippen LogP contribution >= 0.6 is 24.0 Å². The zero-order valence-corrected chi connectivity index (χ0v) is 20.3. The third-order valence-corrected chi connectivity index (χ3v) is 7.47. The van der Waals surface area contributed by atoms with Crippen molar-refractivity contribution in [3.05, 3.63) is 48.6 Å². The van der Waals surface area contributed by atoms with Crippen molar-refractivity contribution in [1.29, 1.82) is 0 Å². The molecule has 1 aliphatic carbocycles. The maximum atomic E-state index is 6.15. The molecule has 0 aromatic heterocycles. The number of hydrogen-bond donors (Lipinski definition) is 1. The average molecular weight is 449 g/mol. The molecule has 1 aromatic rings. The predicted octanol–water partition coefficient (Wildman–Crippen LogP) is 6.19. The molecule has 0 amide bonds. The van der Waals surface area contributed by atoms with Crippen LogP contribution in [0.4, 0.5) is 0 Å². The zero-order valence-electron chi connectivity index (χ0n) is 18.7. The van der Waals surface area contributed by atoms with Crippen molar-refractivity contribution in [2.75, 3.05) is 26.7 Å². The normalized spacial score (nSPS) is 18.8. The molecular weight excluding hydrogens is 408 g/mol. The second-order valence-corrected chi connectivity index (χ2v) is 9.80. The summed E-state index contributed by atoms with van der Waals surface area (Å²) in [4.78, 5) is 2.32. The Hall–Kier alpha value is -0.880. The van der Waals surface area contributed by atoms with Crippen molar-refractivity contribution in [3.63, 3.8) is 0 Å². The van der Waals surface area contributed by atoms with Gasteiger partial charge in [-0.05, 0) is 63.6 Å². The highest BCUT2D eigenvalue weighted by Gasteiger charge is 2.25. The maximum Gasteiger partial charge on any atom is 0.136 e. The quantitative estimate of drug-likeness (QED) is 0.208. The molecule has 1 saturated carbocycles. The molecule has 0 atom stereocenters. The fourth-order valence-electron chi connectivity index (χ4n) is 3.85. The van der Waals surface area contributed by atoms with E-state index in [4.69, 9.17) is 17.0 Å². The summed E-state index contributed by atoms with van der Waals surface area (Å²) in [6.45, 7) is 6.84. The lowest BCUT2D eigenvalue weighted by Gasteiger charge is -2.35. The molecule has 2 rings (SSSR count). The number of thiocarbonyl (C=S) groups is 1. The first-order chi connectivity index (χ1) is 14.7. The molecule has 168 valence electrons. The van der Waals surface area contributed by atoms with Gasteiger partial charge in [0.15, 0.2) is 0 Å². The molecule has 0 radical (unpaired) electrons. The van der Waals surface area contributed by atoms with Crippen LogP contribution in [0.5, 0.6) is 0 Å². The Morgan fingerprint density at radius 3 is 2.60 bits per heavy atom. The lowest BCUT2D eigenvalue weighted by atomic mass is 9.92. The Bertz CT molecular complexity index is 588. The van der Waals surface area contributed by atoms with E-state index < -0.39 is 0 Å². The van der Waals surface area contributed by atoms with E-state index in [0.717, 1.165) is 49.0 Å². The van der Waals surface area contributed by atoms with Crippen LogP contribution in [0.15, 0.2) is 43.0 Å². The van der Waals surface area contributed by atoms with E-state index in [1.165, 1.54) is 44.1 Å². The van der Waals surface area contributed by atoms with Gasteiger partial charge in [-0.3, -0.25) is 0 Å². The Kier molecular flexibility index (Phi) is 13.4. The highest BCUT2D eigenvalue weighted by atomic mass is 32.2. The molecule has 1 N–H and O–H groups in total. The molecule has 30 heavy (non-hydrogen) atoms. The number of unbranched alkanes of at least 4 members (excludes halogenated alkanes) is 3. The largest absolute Gasteiger partial charge is 0.378 e. The van der Waals surface area contributed by atoms with Crippen LogP contribution in [0.3, 0.4) is 0 Å². The summed E-state index contributed by atoms with van der Waals surface area (Å²) in [5, 5.41) is 3.45. The number of thioether (sulfide) groups is 1. The summed E-state index contributed by atoms with van der Waals surface area (Å²) in [7, 11) is 2.17. The SMILES string of the molecule is C=CCCNCCCCCCOC1CCC(N(C)C(=S)SCc2ccccc2)CC1. The summed E-state index contributed by atoms with van der Waals surface area (Å²) in [6, 6.07) is 11.1. The Morgan fingerprint density at radius 1 is 1.13 bits per heavy atom. The van der Waals surface area contributed by atoms with Crippen molar-refractivity contribution < 1.29 is 4.74 Å². The first-order valence-electron chi connectivity index (χ1n) is 11.6. The molecule has 0 spiro atoms. The fourth-order valence-corrected chi connectivity index (χ4v) is 5.02. The van der Waals surface area contributed by atoms with Gasteiger partial charge in [-0.25, -0.2) is 0 Å². The van der Waals surface area contributed by atoms with E-state index >= 15 is 0 Å². The van der Waals surface area contributed by atoms with E-state index in [1.807, 2.05) is 6.08 Å². The Morgan fingerprint density at radius 2 is 1.87 bits per heavy atom. The summed E-state index contributed by atoms with van der Waals surface area (Å²) in [5.74, 6) is 0.952. The van der Waals surface area contributed by atoms with E-state index in [2.05, 4.69) is 54.2 Å². The smallest absolute Gasteiger partial charge is 0.136 e. The van der Waals surface area contributed by atoms with Crippen molar-refractivity contribution in [2.24, 2.45) is 0 Å². The van der Waals surface area contributed by atoms with Gasteiger partial charge in [0.25, 0.3) is 0 Å². The molecule has 0 heterocycles. The van der Waals surface area contributed by atoms with Gasteiger partial charge in [-0.15, -0.1) is 6.58 Å². The summed E-state index contributed by atoms with van der Waals surface area (Å²) >= 11 is 7.46. The molecule has 0 unspecified atom stereocenters. The third-order valence-electron chi connectivity index (χ3n) is 5.81. The zero-order chi connectivity index (χ0) is 21.4. The fraction of sp³-hybridized carbons (Fsp3) is 0.640. The number of nitrogens with one attached hydrogen (secondary N) is 1. The first kappa shape index (κ1) is 25.4. The van der Waals surface area contributed by atoms with E-state index in [1.54, 1.807) is 11.8 Å². The van der Waals surface area contributed by atoms with Crippen LogP contribution in [0.25, 0.3) is 0 Å². The minimum Gasteiger partial charge on any atom is -0.378 e. The van der Waals surface area contributed by atoms with Crippen LogP contribution in [0.1, 0.15) is 63.4 Å². The van der Waals surface area contributed by atoms with Crippen LogP contribution in [0.2, 0.25) is 0 Å². The summed E-state index contributed by atoms with van der Waals surface area (Å²) in [5.41, 5.74) is 1.33. The molecule has 1 fully saturated rings. The van der Waals surface area contributed by atoms with Gasteiger partial charge in [0.05, 0.1) is 6.10 Å². The van der Waals surface area contributed by atoms with Gasteiger partial charge in [0.1, 0.15) is 4.32 Å². The minimum absolute atomic E-state index is 0.445. The second kappa shape index (κ2) is 15.9. The van der Waals surface area contributed by atoms with Gasteiger partial charge in [-0.1, -0.05) is 73.2 Å². The molecule has 0 saturated heterocycles. The summed E-state index contributed by atoms with van der Waals surface area (Å²) in [6.07, 6.45) is 13.2. The van der Waals surface area contributed by atoms with Crippen molar-refractivity contribution in [1.82, 2.24) is 10.2 Å². The van der Waals surface area contributed by atoms with Crippen molar-refractivity contribution >= 4 is 28.3 Å². The lowest BCUT2D eigenvalue weighted by Crippen LogP contribution is -2.39. The number of ether oxygens (including phenoxy) is 1. The lowest BCUT2D eigenvalue weighted by molar-refractivity contribution is 0.0151.